The van der Waals surface area contributed by atoms with Gasteiger partial charge in [0.1, 0.15) is 0 Å². The molecule has 0 spiro atoms. The third-order valence-electron chi connectivity index (χ3n) is 6.72. The molecule has 0 saturated heterocycles. The number of nitrogens with one attached hydrogen (secondary N) is 2. The average Bonchev–Trinajstić information content (AvgIpc) is 2.92. The molecule has 0 aliphatic heterocycles. The van der Waals surface area contributed by atoms with Gasteiger partial charge in [-0.05, 0) is 25.7 Å². The van der Waals surface area contributed by atoms with E-state index in [2.05, 4.69) is 0 Å². The van der Waals surface area contributed by atoms with Crippen LogP contribution in [0.4, 0.5) is 105 Å². The summed E-state index contributed by atoms with van der Waals surface area (Å²) in [4.78, 5) is 23.2. The van der Waals surface area contributed by atoms with E-state index in [1.807, 2.05) is 0 Å². The minimum atomic E-state index is -8.09. The molecule has 0 bridgehead atoms. The van der Waals surface area contributed by atoms with Gasteiger partial charge >= 0.3 is 72.1 Å². The molecule has 0 radical (unpaired) electrons. The molecule has 0 heterocycles. The van der Waals surface area contributed by atoms with Crippen LogP contribution in [0.1, 0.15) is 25.7 Å². The normalized spacial score (nSPS) is 20.3. The number of carbonyl (C=O) groups excluding carboxylic acids is 2. The van der Waals surface area contributed by atoms with Crippen molar-refractivity contribution in [1.29, 1.82) is 0 Å². The Labute approximate surface area is 248 Å². The summed E-state index contributed by atoms with van der Waals surface area (Å²) in [6.45, 7) is 0. The van der Waals surface area contributed by atoms with E-state index in [-0.39, 0.29) is 0 Å². The maximum atomic E-state index is 13.9. The Kier molecular flexibility index (Phi) is 11.3. The van der Waals surface area contributed by atoms with Gasteiger partial charge in [-0.15, -0.1) is 0 Å². The van der Waals surface area contributed by atoms with Gasteiger partial charge < -0.3 is 10.6 Å². The molecule has 284 valence electrons. The zero-order chi connectivity index (χ0) is 38.7. The predicted molar refractivity (Wildman–Crippen MR) is 104 cm³/mol. The Morgan fingerprint density at radius 2 is 0.604 bits per heavy atom. The summed E-state index contributed by atoms with van der Waals surface area (Å²) in [6.07, 6.45) is -16.2. The molecule has 1 aliphatic rings. The Hall–Kier alpha value is -2.74. The zero-order valence-corrected chi connectivity index (χ0v) is 22.0. The van der Waals surface area contributed by atoms with Crippen molar-refractivity contribution in [3.05, 3.63) is 0 Å². The van der Waals surface area contributed by atoms with Crippen molar-refractivity contribution in [2.75, 3.05) is 0 Å². The van der Waals surface area contributed by atoms with E-state index >= 15 is 0 Å². The Bertz CT molecular complexity index is 1090. The number of hydrogen-bond donors (Lipinski definition) is 2. The van der Waals surface area contributed by atoms with Crippen LogP contribution < -0.4 is 10.6 Å². The molecule has 28 heteroatoms. The van der Waals surface area contributed by atoms with E-state index < -0.39 is 122 Å². The summed E-state index contributed by atoms with van der Waals surface area (Å²) >= 11 is 0. The number of halogens is 24. The summed E-state index contributed by atoms with van der Waals surface area (Å²) in [5.41, 5.74) is 0. The van der Waals surface area contributed by atoms with Crippen LogP contribution in [0.3, 0.4) is 0 Å². The van der Waals surface area contributed by atoms with Crippen LogP contribution in [0.15, 0.2) is 0 Å². The van der Waals surface area contributed by atoms with E-state index in [1.165, 1.54) is 0 Å². The largest absolute Gasteiger partial charge is 0.392 e. The highest BCUT2D eigenvalue weighted by atomic mass is 19.4. The third kappa shape index (κ3) is 6.24. The fourth-order valence-electron chi connectivity index (χ4n) is 3.70. The number of carbonyl (C=O) groups is 2. The lowest BCUT2D eigenvalue weighted by atomic mass is 9.89. The van der Waals surface area contributed by atoms with E-state index in [1.54, 1.807) is 0 Å². The molecular weight excluding hydrogens is 756 g/mol. The molecule has 0 atom stereocenters. The monoisotopic (exact) mass is 770 g/mol. The second-order valence-electron chi connectivity index (χ2n) is 9.94. The van der Waals surface area contributed by atoms with Gasteiger partial charge in [-0.3, -0.25) is 9.59 Å². The van der Waals surface area contributed by atoms with Crippen molar-refractivity contribution in [1.82, 2.24) is 10.6 Å². The molecule has 1 saturated carbocycles. The van der Waals surface area contributed by atoms with Gasteiger partial charge in [0.25, 0.3) is 11.8 Å². The molecular formula is C20H14F24N2O2. The first-order valence-corrected chi connectivity index (χ1v) is 11.8. The van der Waals surface area contributed by atoms with Crippen molar-refractivity contribution in [2.45, 2.75) is 110 Å². The van der Waals surface area contributed by atoms with Crippen LogP contribution >= 0.6 is 0 Å². The summed E-state index contributed by atoms with van der Waals surface area (Å²) in [5, 5.41) is 1.52. The van der Waals surface area contributed by atoms with E-state index in [4.69, 9.17) is 0 Å². The minimum Gasteiger partial charge on any atom is -0.348 e. The minimum absolute atomic E-state index is 0.760. The molecule has 4 nitrogen and oxygen atoms in total. The second kappa shape index (κ2) is 12.5. The van der Waals surface area contributed by atoms with Gasteiger partial charge in [0.05, 0.1) is 0 Å². The Morgan fingerprint density at radius 1 is 0.396 bits per heavy atom. The summed E-state index contributed by atoms with van der Waals surface area (Å²) in [6, 6.07) is -4.18. The van der Waals surface area contributed by atoms with Crippen LogP contribution in [-0.2, 0) is 9.59 Å². The maximum Gasteiger partial charge on any atom is 0.392 e. The van der Waals surface area contributed by atoms with Crippen molar-refractivity contribution in [3.63, 3.8) is 0 Å². The van der Waals surface area contributed by atoms with Gasteiger partial charge in [-0.25, -0.2) is 17.6 Å². The van der Waals surface area contributed by atoms with Gasteiger partial charge in [0.15, 0.2) is 0 Å². The summed E-state index contributed by atoms with van der Waals surface area (Å²) in [7, 11) is 0. The first kappa shape index (κ1) is 43.3. The van der Waals surface area contributed by atoms with E-state index in [9.17, 15) is 115 Å². The topological polar surface area (TPSA) is 58.2 Å². The average molecular weight is 770 g/mol. The Balaban J connectivity index is 3.09. The van der Waals surface area contributed by atoms with Crippen LogP contribution in [0, 0.1) is 0 Å². The van der Waals surface area contributed by atoms with Gasteiger partial charge in [-0.2, -0.15) is 87.8 Å². The quantitative estimate of drug-likeness (QED) is 0.181. The summed E-state index contributed by atoms with van der Waals surface area (Å²) in [5.74, 6) is -84.2. The van der Waals surface area contributed by atoms with Crippen LogP contribution in [0.2, 0.25) is 0 Å². The van der Waals surface area contributed by atoms with E-state index in [0.717, 1.165) is 10.6 Å². The number of rotatable bonds is 14. The SMILES string of the molecule is O=C(NC1CCC(NC(=O)C(F)(F)C(F)(F)C(F)(F)C(F)(F)C(F)(F)C(F)F)CC1)C(F)(F)C(F)(F)C(F)(F)C(F)(F)C(F)(F)C(F)F. The standard InChI is InChI=1S/C20H14F24N2O2/c21-7(22)11(25,26)15(33,34)19(41,42)17(37,38)13(29,30)9(47)45-5-1-2-6(4-3-5)46-10(48)14(31,32)18(39,40)20(43,44)16(35,36)12(27,28)8(23)24/h5-8H,1-4H2,(H,45,47)(H,46,48). The smallest absolute Gasteiger partial charge is 0.348 e. The van der Waals surface area contributed by atoms with Gasteiger partial charge in [0, 0.05) is 12.1 Å². The van der Waals surface area contributed by atoms with Crippen molar-refractivity contribution in [2.24, 2.45) is 0 Å². The van der Waals surface area contributed by atoms with Gasteiger partial charge in [-0.1, -0.05) is 0 Å². The number of alkyl halides is 24. The fraction of sp³-hybridized carbons (Fsp3) is 0.900. The van der Waals surface area contributed by atoms with Crippen molar-refractivity contribution < 1.29 is 115 Å². The van der Waals surface area contributed by atoms with Crippen LogP contribution in [-0.4, -0.2) is 96.0 Å². The van der Waals surface area contributed by atoms with Crippen LogP contribution in [0.5, 0.6) is 0 Å². The van der Waals surface area contributed by atoms with E-state index in [0.29, 0.717) is 0 Å². The zero-order valence-electron chi connectivity index (χ0n) is 22.0. The van der Waals surface area contributed by atoms with Gasteiger partial charge in [0.2, 0.25) is 0 Å². The molecule has 0 aromatic carbocycles. The highest BCUT2D eigenvalue weighted by Gasteiger charge is 2.90. The molecule has 48 heavy (non-hydrogen) atoms. The molecule has 0 aromatic heterocycles. The first-order valence-electron chi connectivity index (χ1n) is 11.8. The lowest BCUT2D eigenvalue weighted by molar-refractivity contribution is -0.407. The third-order valence-corrected chi connectivity index (χ3v) is 6.72. The molecule has 2 amide bonds. The van der Waals surface area contributed by atoms with Crippen LogP contribution in [0.25, 0.3) is 0 Å². The molecule has 1 fully saturated rings. The first-order chi connectivity index (χ1) is 20.9. The van der Waals surface area contributed by atoms with Crippen molar-refractivity contribution >= 4 is 11.8 Å². The fourth-order valence-corrected chi connectivity index (χ4v) is 3.70. The molecule has 1 aliphatic carbocycles. The number of hydrogen-bond acceptors (Lipinski definition) is 2. The molecule has 2 N–H and O–H groups in total. The second-order valence-corrected chi connectivity index (χ2v) is 9.94. The summed E-state index contributed by atoms with van der Waals surface area (Å²) < 4.78 is 318. The lowest BCUT2D eigenvalue weighted by Gasteiger charge is -2.39. The number of amides is 2. The lowest BCUT2D eigenvalue weighted by Crippen LogP contribution is -2.71. The Morgan fingerprint density at radius 3 is 0.792 bits per heavy atom. The molecule has 1 rings (SSSR count). The predicted octanol–water partition coefficient (Wildman–Crippen LogP) is 7.41. The highest BCUT2D eigenvalue weighted by molar-refractivity contribution is 5.86. The maximum absolute atomic E-state index is 13.9. The molecule has 0 aromatic rings. The highest BCUT2D eigenvalue weighted by Crippen LogP contribution is 2.59. The molecule has 0 unspecified atom stereocenters. The van der Waals surface area contributed by atoms with Crippen molar-refractivity contribution in [3.8, 4) is 0 Å².